The zero-order chi connectivity index (χ0) is 15.4. The minimum absolute atomic E-state index is 0.331. The predicted octanol–water partition coefficient (Wildman–Crippen LogP) is 4.29. The molecule has 0 aliphatic carbocycles. The zero-order valence-corrected chi connectivity index (χ0v) is 12.1. The average Bonchev–Trinajstić information content (AvgIpc) is 2.98. The zero-order valence-electron chi connectivity index (χ0n) is 12.1. The Labute approximate surface area is 128 Å². The molecule has 0 N–H and O–H groups in total. The maximum absolute atomic E-state index is 9.36. The van der Waals surface area contributed by atoms with Crippen molar-refractivity contribution in [2.24, 2.45) is 0 Å². The molecule has 0 saturated heterocycles. The van der Waals surface area contributed by atoms with Gasteiger partial charge in [0.1, 0.15) is 22.9 Å². The van der Waals surface area contributed by atoms with Gasteiger partial charge in [-0.25, -0.2) is 4.98 Å². The monoisotopic (exact) mass is 290 g/mol. The summed E-state index contributed by atoms with van der Waals surface area (Å²) in [6, 6.07) is 17.1. The molecule has 2 aromatic carbocycles. The van der Waals surface area contributed by atoms with Crippen LogP contribution in [0, 0.1) is 11.3 Å². The fourth-order valence-electron chi connectivity index (χ4n) is 2.12. The van der Waals surface area contributed by atoms with E-state index in [0.717, 1.165) is 16.8 Å². The van der Waals surface area contributed by atoms with Crippen LogP contribution in [0.5, 0.6) is 5.75 Å². The number of benzene rings is 2. The van der Waals surface area contributed by atoms with E-state index in [1.54, 1.807) is 6.08 Å². The third-order valence-electron chi connectivity index (χ3n) is 3.15. The molecule has 0 spiro atoms. The van der Waals surface area contributed by atoms with Crippen molar-refractivity contribution in [3.8, 4) is 11.8 Å². The molecule has 0 aliphatic heterocycles. The lowest BCUT2D eigenvalue weighted by Crippen LogP contribution is -1.90. The molecule has 1 heterocycles. The van der Waals surface area contributed by atoms with Gasteiger partial charge in [0.15, 0.2) is 5.58 Å². The fraction of sp³-hybridized carbons (Fsp3) is 0.111. The van der Waals surface area contributed by atoms with Gasteiger partial charge in [-0.05, 0) is 42.8 Å². The molecule has 3 rings (SSSR count). The van der Waals surface area contributed by atoms with Crippen LogP contribution in [-0.4, -0.2) is 11.6 Å². The molecule has 4 heteroatoms. The van der Waals surface area contributed by atoms with E-state index in [0.29, 0.717) is 23.7 Å². The third kappa shape index (κ3) is 2.84. The Kier molecular flexibility index (Phi) is 3.88. The third-order valence-corrected chi connectivity index (χ3v) is 3.15. The number of para-hydroxylation sites is 2. The van der Waals surface area contributed by atoms with Gasteiger partial charge in [-0.2, -0.15) is 5.26 Å². The Morgan fingerprint density at radius 1 is 1.23 bits per heavy atom. The number of aromatic nitrogens is 1. The quantitative estimate of drug-likeness (QED) is 0.672. The van der Waals surface area contributed by atoms with Crippen LogP contribution >= 0.6 is 0 Å². The van der Waals surface area contributed by atoms with Gasteiger partial charge in [-0.3, -0.25) is 0 Å². The molecule has 1 aromatic heterocycles. The van der Waals surface area contributed by atoms with E-state index in [4.69, 9.17) is 9.15 Å². The molecule has 0 unspecified atom stereocenters. The van der Waals surface area contributed by atoms with Gasteiger partial charge in [0, 0.05) is 0 Å². The Balaban J connectivity index is 1.94. The smallest absolute Gasteiger partial charge is 0.238 e. The maximum Gasteiger partial charge on any atom is 0.238 e. The molecule has 0 atom stereocenters. The number of ether oxygens (including phenoxy) is 1. The summed E-state index contributed by atoms with van der Waals surface area (Å²) in [6.45, 7) is 2.57. The fourth-order valence-corrected chi connectivity index (χ4v) is 2.12. The topological polar surface area (TPSA) is 59.0 Å². The highest BCUT2D eigenvalue weighted by molar-refractivity contribution is 5.88. The molecule has 22 heavy (non-hydrogen) atoms. The van der Waals surface area contributed by atoms with Crippen LogP contribution in [0.15, 0.2) is 52.9 Å². The summed E-state index contributed by atoms with van der Waals surface area (Å²) in [7, 11) is 0. The van der Waals surface area contributed by atoms with Gasteiger partial charge >= 0.3 is 0 Å². The van der Waals surface area contributed by atoms with Crippen molar-refractivity contribution in [2.45, 2.75) is 6.92 Å². The van der Waals surface area contributed by atoms with Crippen LogP contribution in [0.3, 0.4) is 0 Å². The highest BCUT2D eigenvalue weighted by Crippen LogP contribution is 2.23. The number of hydrogen-bond acceptors (Lipinski definition) is 4. The predicted molar refractivity (Wildman–Crippen MR) is 85.1 cm³/mol. The number of nitriles is 1. The lowest BCUT2D eigenvalue weighted by molar-refractivity contribution is 0.340. The van der Waals surface area contributed by atoms with Crippen LogP contribution in [0.2, 0.25) is 0 Å². The molecule has 0 radical (unpaired) electrons. The highest BCUT2D eigenvalue weighted by Gasteiger charge is 2.10. The Hall–Kier alpha value is -3.06. The number of fused-ring (bicyclic) bond motifs is 1. The molecule has 108 valence electrons. The standard InChI is InChI=1S/C18H14N2O2/c1-2-21-15-9-7-13(8-10-15)11-14(12-19)18-20-16-5-3-4-6-17(16)22-18/h3-11H,2H2,1H3. The Morgan fingerprint density at radius 2 is 2.00 bits per heavy atom. The van der Waals surface area contributed by atoms with Crippen LogP contribution in [0.4, 0.5) is 0 Å². The minimum Gasteiger partial charge on any atom is -0.494 e. The molecule has 0 amide bonds. The second-order valence-corrected chi connectivity index (χ2v) is 4.66. The van der Waals surface area contributed by atoms with Crippen molar-refractivity contribution < 1.29 is 9.15 Å². The van der Waals surface area contributed by atoms with Crippen molar-refractivity contribution >= 4 is 22.7 Å². The SMILES string of the molecule is CCOc1ccc(C=C(C#N)c2nc3ccccc3o2)cc1. The van der Waals surface area contributed by atoms with Crippen molar-refractivity contribution in [3.05, 3.63) is 60.0 Å². The molecule has 0 saturated carbocycles. The first kappa shape index (κ1) is 13.9. The van der Waals surface area contributed by atoms with E-state index in [1.165, 1.54) is 0 Å². The molecule has 0 aliphatic rings. The van der Waals surface area contributed by atoms with Crippen LogP contribution in [0.25, 0.3) is 22.7 Å². The molecule has 3 aromatic rings. The normalized spacial score (nSPS) is 11.4. The number of allylic oxidation sites excluding steroid dienone is 1. The van der Waals surface area contributed by atoms with E-state index >= 15 is 0 Å². The van der Waals surface area contributed by atoms with E-state index in [2.05, 4.69) is 11.1 Å². The van der Waals surface area contributed by atoms with E-state index in [9.17, 15) is 5.26 Å². The summed E-state index contributed by atoms with van der Waals surface area (Å²) in [5.74, 6) is 1.14. The summed E-state index contributed by atoms with van der Waals surface area (Å²) < 4.78 is 11.0. The largest absolute Gasteiger partial charge is 0.494 e. The molecule has 0 bridgehead atoms. The van der Waals surface area contributed by atoms with Gasteiger partial charge in [0.2, 0.25) is 5.89 Å². The van der Waals surface area contributed by atoms with E-state index in [-0.39, 0.29) is 0 Å². The Morgan fingerprint density at radius 3 is 2.68 bits per heavy atom. The number of nitrogens with zero attached hydrogens (tertiary/aromatic N) is 2. The lowest BCUT2D eigenvalue weighted by atomic mass is 10.1. The first-order valence-electron chi connectivity index (χ1n) is 7.01. The molecule has 0 fully saturated rings. The van der Waals surface area contributed by atoms with E-state index < -0.39 is 0 Å². The first-order chi connectivity index (χ1) is 10.8. The summed E-state index contributed by atoms with van der Waals surface area (Å²) in [4.78, 5) is 4.34. The Bertz CT molecular complexity index is 822. The summed E-state index contributed by atoms with van der Waals surface area (Å²) in [6.07, 6.45) is 1.75. The molecule has 4 nitrogen and oxygen atoms in total. The first-order valence-corrected chi connectivity index (χ1v) is 7.01. The maximum atomic E-state index is 9.36. The number of oxazole rings is 1. The van der Waals surface area contributed by atoms with Crippen LogP contribution in [0.1, 0.15) is 18.4 Å². The van der Waals surface area contributed by atoms with Crippen molar-refractivity contribution in [1.29, 1.82) is 5.26 Å². The van der Waals surface area contributed by atoms with Gasteiger partial charge in [0.25, 0.3) is 0 Å². The van der Waals surface area contributed by atoms with Crippen LogP contribution < -0.4 is 4.74 Å². The molecular weight excluding hydrogens is 276 g/mol. The van der Waals surface area contributed by atoms with E-state index in [1.807, 2.05) is 55.5 Å². The van der Waals surface area contributed by atoms with Gasteiger partial charge < -0.3 is 9.15 Å². The second-order valence-electron chi connectivity index (χ2n) is 4.66. The summed E-state index contributed by atoms with van der Waals surface area (Å²) in [5.41, 5.74) is 2.69. The van der Waals surface area contributed by atoms with Crippen molar-refractivity contribution in [2.75, 3.05) is 6.61 Å². The van der Waals surface area contributed by atoms with Gasteiger partial charge in [0.05, 0.1) is 6.61 Å². The van der Waals surface area contributed by atoms with Crippen molar-refractivity contribution in [1.82, 2.24) is 4.98 Å². The average molecular weight is 290 g/mol. The summed E-state index contributed by atoms with van der Waals surface area (Å²) >= 11 is 0. The number of hydrogen-bond donors (Lipinski definition) is 0. The summed E-state index contributed by atoms with van der Waals surface area (Å²) in [5, 5.41) is 9.36. The number of rotatable bonds is 4. The lowest BCUT2D eigenvalue weighted by Gasteiger charge is -2.02. The molecular formula is C18H14N2O2. The van der Waals surface area contributed by atoms with Gasteiger partial charge in [-0.1, -0.05) is 24.3 Å². The van der Waals surface area contributed by atoms with Crippen LogP contribution in [-0.2, 0) is 0 Å². The second kappa shape index (κ2) is 6.15. The minimum atomic E-state index is 0.331. The van der Waals surface area contributed by atoms with Gasteiger partial charge in [-0.15, -0.1) is 0 Å². The van der Waals surface area contributed by atoms with Crippen molar-refractivity contribution in [3.63, 3.8) is 0 Å². The highest BCUT2D eigenvalue weighted by atomic mass is 16.5.